The first-order valence-electron chi connectivity index (χ1n) is 6.67. The molecule has 2 amide bonds. The zero-order chi connectivity index (χ0) is 14.4. The number of carbonyl (C=O) groups is 2. The van der Waals surface area contributed by atoms with Crippen LogP contribution in [0.1, 0.15) is 23.0 Å². The fourth-order valence-electron chi connectivity index (χ4n) is 1.92. The van der Waals surface area contributed by atoms with Crippen molar-refractivity contribution in [2.45, 2.75) is 19.4 Å². The molecule has 108 valence electrons. The Morgan fingerprint density at radius 1 is 1.50 bits per heavy atom. The summed E-state index contributed by atoms with van der Waals surface area (Å²) in [6.07, 6.45) is 3.05. The molecule has 20 heavy (non-hydrogen) atoms. The Morgan fingerprint density at radius 2 is 2.35 bits per heavy atom. The molecular formula is C14H19N3O2S. The summed E-state index contributed by atoms with van der Waals surface area (Å²) in [6, 6.07) is 3.02. The van der Waals surface area contributed by atoms with E-state index in [0.29, 0.717) is 11.4 Å². The van der Waals surface area contributed by atoms with Crippen LogP contribution in [0.2, 0.25) is 0 Å². The highest BCUT2D eigenvalue weighted by Gasteiger charge is 2.17. The van der Waals surface area contributed by atoms with E-state index in [1.54, 1.807) is 13.0 Å². The maximum Gasteiger partial charge on any atom is 0.261 e. The highest BCUT2D eigenvalue weighted by molar-refractivity contribution is 7.12. The zero-order valence-corrected chi connectivity index (χ0v) is 12.3. The van der Waals surface area contributed by atoms with Crippen LogP contribution < -0.4 is 16.0 Å². The predicted molar refractivity (Wildman–Crippen MR) is 79.8 cm³/mol. The Bertz CT molecular complexity index is 497. The van der Waals surface area contributed by atoms with Gasteiger partial charge in [-0.2, -0.15) is 0 Å². The number of carbonyl (C=O) groups excluding carboxylic acids is 2. The van der Waals surface area contributed by atoms with Crippen molar-refractivity contribution in [1.82, 2.24) is 16.0 Å². The van der Waals surface area contributed by atoms with Crippen LogP contribution in [0.15, 0.2) is 29.2 Å². The van der Waals surface area contributed by atoms with Gasteiger partial charge < -0.3 is 16.0 Å². The van der Waals surface area contributed by atoms with E-state index in [1.807, 2.05) is 11.4 Å². The summed E-state index contributed by atoms with van der Waals surface area (Å²) in [5, 5.41) is 10.6. The topological polar surface area (TPSA) is 70.2 Å². The van der Waals surface area contributed by atoms with Crippen LogP contribution in [0.25, 0.3) is 0 Å². The molecule has 6 heteroatoms. The van der Waals surface area contributed by atoms with Crippen LogP contribution in [0.3, 0.4) is 0 Å². The number of nitrogens with one attached hydrogen (secondary N) is 3. The molecule has 1 aliphatic rings. The molecule has 1 aromatic rings. The first-order valence-corrected chi connectivity index (χ1v) is 7.55. The van der Waals surface area contributed by atoms with Gasteiger partial charge in [0.25, 0.3) is 5.91 Å². The van der Waals surface area contributed by atoms with Crippen LogP contribution in [-0.4, -0.2) is 37.5 Å². The number of thiophene rings is 1. The fraction of sp³-hybridized carbons (Fsp3) is 0.429. The molecule has 0 aliphatic carbocycles. The van der Waals surface area contributed by atoms with Gasteiger partial charge in [-0.15, -0.1) is 11.3 Å². The molecule has 2 rings (SSSR count). The van der Waals surface area contributed by atoms with Gasteiger partial charge in [-0.05, 0) is 31.3 Å². The summed E-state index contributed by atoms with van der Waals surface area (Å²) in [5.74, 6) is -0.363. The van der Waals surface area contributed by atoms with E-state index in [0.717, 1.165) is 19.5 Å². The molecule has 0 aromatic carbocycles. The molecule has 0 spiro atoms. The second-order valence-electron chi connectivity index (χ2n) is 4.71. The quantitative estimate of drug-likeness (QED) is 0.707. The molecule has 2 heterocycles. The van der Waals surface area contributed by atoms with Gasteiger partial charge >= 0.3 is 0 Å². The molecule has 1 aliphatic heterocycles. The third-order valence-electron chi connectivity index (χ3n) is 3.13. The molecule has 1 atom stereocenters. The van der Waals surface area contributed by atoms with E-state index in [9.17, 15) is 9.59 Å². The molecule has 3 N–H and O–H groups in total. The van der Waals surface area contributed by atoms with E-state index >= 15 is 0 Å². The maximum atomic E-state index is 11.9. The van der Waals surface area contributed by atoms with E-state index in [4.69, 9.17) is 0 Å². The molecule has 5 nitrogen and oxygen atoms in total. The maximum absolute atomic E-state index is 11.9. The van der Waals surface area contributed by atoms with E-state index in [-0.39, 0.29) is 11.8 Å². The average molecular weight is 293 g/mol. The molecule has 1 unspecified atom stereocenters. The van der Waals surface area contributed by atoms with Crippen molar-refractivity contribution in [2.24, 2.45) is 0 Å². The van der Waals surface area contributed by atoms with E-state index in [1.165, 1.54) is 16.9 Å². The highest BCUT2D eigenvalue weighted by Crippen LogP contribution is 2.08. The SMILES string of the molecule is CC(NC(=O)c1cccs1)C(=O)NCC1=CCNCC1. The van der Waals surface area contributed by atoms with Crippen molar-refractivity contribution in [3.8, 4) is 0 Å². The second kappa shape index (κ2) is 7.21. The minimum absolute atomic E-state index is 0.158. The minimum Gasteiger partial charge on any atom is -0.351 e. The summed E-state index contributed by atoms with van der Waals surface area (Å²) in [6.45, 7) is 4.06. The van der Waals surface area contributed by atoms with Crippen molar-refractivity contribution < 1.29 is 9.59 Å². The van der Waals surface area contributed by atoms with Gasteiger partial charge in [-0.3, -0.25) is 9.59 Å². The third-order valence-corrected chi connectivity index (χ3v) is 4.00. The molecule has 0 bridgehead atoms. The van der Waals surface area contributed by atoms with Crippen molar-refractivity contribution >= 4 is 23.2 Å². The molecular weight excluding hydrogens is 274 g/mol. The standard InChI is InChI=1S/C14H19N3O2S/c1-10(17-14(19)12-3-2-8-20-12)13(18)16-9-11-4-6-15-7-5-11/h2-4,8,10,15H,5-7,9H2,1H3,(H,16,18)(H,17,19). The van der Waals surface area contributed by atoms with Crippen LogP contribution in [0.4, 0.5) is 0 Å². The number of amides is 2. The Kier molecular flexibility index (Phi) is 5.31. The van der Waals surface area contributed by atoms with Crippen molar-refractivity contribution in [3.63, 3.8) is 0 Å². The number of rotatable bonds is 5. The molecule has 0 fully saturated rings. The molecule has 0 saturated heterocycles. The summed E-state index contributed by atoms with van der Waals surface area (Å²) < 4.78 is 0. The lowest BCUT2D eigenvalue weighted by molar-refractivity contribution is -0.122. The Morgan fingerprint density at radius 3 is 3.00 bits per heavy atom. The Balaban J connectivity index is 1.77. The Labute approximate surface area is 122 Å². The number of hydrogen-bond donors (Lipinski definition) is 3. The van der Waals surface area contributed by atoms with Gasteiger partial charge in [0.1, 0.15) is 6.04 Å². The second-order valence-corrected chi connectivity index (χ2v) is 5.65. The summed E-state index contributed by atoms with van der Waals surface area (Å²) in [5.41, 5.74) is 1.23. The van der Waals surface area contributed by atoms with Gasteiger partial charge in [0.05, 0.1) is 4.88 Å². The van der Waals surface area contributed by atoms with Crippen molar-refractivity contribution in [3.05, 3.63) is 34.0 Å². The molecule has 0 radical (unpaired) electrons. The van der Waals surface area contributed by atoms with Gasteiger partial charge in [0.2, 0.25) is 5.91 Å². The summed E-state index contributed by atoms with van der Waals surface area (Å²) in [7, 11) is 0. The fourth-order valence-corrected chi connectivity index (χ4v) is 2.55. The Hall–Kier alpha value is -1.66. The normalized spacial score (nSPS) is 16.1. The smallest absolute Gasteiger partial charge is 0.261 e. The zero-order valence-electron chi connectivity index (χ0n) is 11.4. The van der Waals surface area contributed by atoms with Crippen molar-refractivity contribution in [2.75, 3.05) is 19.6 Å². The first-order chi connectivity index (χ1) is 9.66. The molecule has 0 saturated carbocycles. The van der Waals surface area contributed by atoms with Gasteiger partial charge in [-0.1, -0.05) is 17.7 Å². The lowest BCUT2D eigenvalue weighted by Gasteiger charge is -2.17. The predicted octanol–water partition coefficient (Wildman–Crippen LogP) is 0.902. The van der Waals surface area contributed by atoms with Gasteiger partial charge in [0, 0.05) is 13.1 Å². The summed E-state index contributed by atoms with van der Waals surface area (Å²) >= 11 is 1.36. The first kappa shape index (κ1) is 14.7. The lowest BCUT2D eigenvalue weighted by Crippen LogP contribution is -2.45. The largest absolute Gasteiger partial charge is 0.351 e. The van der Waals surface area contributed by atoms with Crippen LogP contribution >= 0.6 is 11.3 Å². The summed E-state index contributed by atoms with van der Waals surface area (Å²) in [4.78, 5) is 24.4. The van der Waals surface area contributed by atoms with Gasteiger partial charge in [-0.25, -0.2) is 0 Å². The minimum atomic E-state index is -0.535. The van der Waals surface area contributed by atoms with E-state index < -0.39 is 6.04 Å². The van der Waals surface area contributed by atoms with Crippen LogP contribution in [0.5, 0.6) is 0 Å². The highest BCUT2D eigenvalue weighted by atomic mass is 32.1. The van der Waals surface area contributed by atoms with Crippen molar-refractivity contribution in [1.29, 1.82) is 0 Å². The van der Waals surface area contributed by atoms with Crippen LogP contribution in [0, 0.1) is 0 Å². The van der Waals surface area contributed by atoms with E-state index in [2.05, 4.69) is 22.0 Å². The lowest BCUT2D eigenvalue weighted by atomic mass is 10.1. The number of hydrogen-bond acceptors (Lipinski definition) is 4. The van der Waals surface area contributed by atoms with Crippen LogP contribution in [-0.2, 0) is 4.79 Å². The third kappa shape index (κ3) is 4.18. The average Bonchev–Trinajstić information content (AvgIpc) is 3.00. The monoisotopic (exact) mass is 293 g/mol. The molecule has 1 aromatic heterocycles. The van der Waals surface area contributed by atoms with Gasteiger partial charge in [0.15, 0.2) is 0 Å².